The molecule has 6 nitrogen and oxygen atoms in total. The van der Waals surface area contributed by atoms with Gasteiger partial charge in [0.25, 0.3) is 0 Å². The number of phenolic OH excluding ortho intramolecular Hbond substituents is 1. The molecule has 0 bridgehead atoms. The minimum absolute atomic E-state index is 0.132. The van der Waals surface area contributed by atoms with Crippen LogP contribution in [-0.4, -0.2) is 34.6 Å². The van der Waals surface area contributed by atoms with Crippen LogP contribution in [0.4, 0.5) is 10.5 Å². The maximum absolute atomic E-state index is 12.4. The zero-order valence-corrected chi connectivity index (χ0v) is 13.5. The highest BCUT2D eigenvalue weighted by atomic mass is 16.3. The molecule has 3 N–H and O–H groups in total. The molecule has 3 rings (SSSR count). The Morgan fingerprint density at radius 2 is 2.00 bits per heavy atom. The Morgan fingerprint density at radius 3 is 2.72 bits per heavy atom. The van der Waals surface area contributed by atoms with Crippen molar-refractivity contribution in [2.24, 2.45) is 4.99 Å². The highest BCUT2D eigenvalue weighted by Crippen LogP contribution is 2.23. The third-order valence-electron chi connectivity index (χ3n) is 3.84. The Hall–Kier alpha value is -3.41. The summed E-state index contributed by atoms with van der Waals surface area (Å²) in [5.74, 6) is 0.132. The molecule has 0 radical (unpaired) electrons. The summed E-state index contributed by atoms with van der Waals surface area (Å²) >= 11 is 0. The molecule has 1 heterocycles. The second kappa shape index (κ2) is 7.44. The molecule has 25 heavy (non-hydrogen) atoms. The second-order valence-electron chi connectivity index (χ2n) is 5.55. The fourth-order valence-corrected chi connectivity index (χ4v) is 2.68. The van der Waals surface area contributed by atoms with E-state index in [1.807, 2.05) is 36.4 Å². The average Bonchev–Trinajstić information content (AvgIpc) is 3.10. The highest BCUT2D eigenvalue weighted by molar-refractivity contribution is 6.15. The topological polar surface area (TPSA) is 88.8 Å². The minimum Gasteiger partial charge on any atom is -0.508 e. The molecular weight excluding hydrogens is 316 g/mol. The summed E-state index contributed by atoms with van der Waals surface area (Å²) in [4.78, 5) is 18.1. The van der Waals surface area contributed by atoms with Gasteiger partial charge in [-0.3, -0.25) is 5.41 Å². The van der Waals surface area contributed by atoms with Gasteiger partial charge in [-0.2, -0.15) is 0 Å². The van der Waals surface area contributed by atoms with Crippen molar-refractivity contribution >= 4 is 23.8 Å². The second-order valence-corrected chi connectivity index (χ2v) is 5.55. The van der Waals surface area contributed by atoms with E-state index >= 15 is 0 Å². The van der Waals surface area contributed by atoms with Gasteiger partial charge in [0.1, 0.15) is 12.1 Å². The maximum Gasteiger partial charge on any atom is 0.325 e. The summed E-state index contributed by atoms with van der Waals surface area (Å²) < 4.78 is 0. The van der Waals surface area contributed by atoms with Crippen molar-refractivity contribution in [2.45, 2.75) is 6.42 Å². The van der Waals surface area contributed by atoms with Crippen molar-refractivity contribution in [3.8, 4) is 5.75 Å². The minimum atomic E-state index is -0.216. The highest BCUT2D eigenvalue weighted by Gasteiger charge is 2.22. The fraction of sp³-hybridized carbons (Fsp3) is 0.105. The van der Waals surface area contributed by atoms with E-state index in [0.717, 1.165) is 17.6 Å². The molecule has 0 aromatic heterocycles. The van der Waals surface area contributed by atoms with Crippen LogP contribution in [0.15, 0.2) is 71.4 Å². The van der Waals surface area contributed by atoms with Gasteiger partial charge in [0.15, 0.2) is 0 Å². The van der Waals surface area contributed by atoms with Crippen molar-refractivity contribution in [1.82, 2.24) is 4.90 Å². The third-order valence-corrected chi connectivity index (χ3v) is 3.84. The molecule has 126 valence electrons. The number of urea groups is 1. The summed E-state index contributed by atoms with van der Waals surface area (Å²) in [5, 5.41) is 19.8. The first-order valence-electron chi connectivity index (χ1n) is 7.87. The van der Waals surface area contributed by atoms with Crippen LogP contribution in [0.1, 0.15) is 12.0 Å². The lowest BCUT2D eigenvalue weighted by Crippen LogP contribution is -2.28. The number of aromatic hydroxyl groups is 1. The largest absolute Gasteiger partial charge is 0.508 e. The Labute approximate surface area is 145 Å². The van der Waals surface area contributed by atoms with E-state index in [9.17, 15) is 9.90 Å². The molecule has 0 unspecified atom stereocenters. The monoisotopic (exact) mass is 334 g/mol. The van der Waals surface area contributed by atoms with Crippen LogP contribution >= 0.6 is 0 Å². The van der Waals surface area contributed by atoms with Crippen molar-refractivity contribution in [3.63, 3.8) is 0 Å². The summed E-state index contributed by atoms with van der Waals surface area (Å²) in [6, 6.07) is 15.7. The first kappa shape index (κ1) is 16.4. The number of nitrogens with zero attached hydrogens (tertiary/aromatic N) is 2. The Morgan fingerprint density at radius 1 is 1.20 bits per heavy atom. The molecule has 0 saturated heterocycles. The maximum atomic E-state index is 12.4. The van der Waals surface area contributed by atoms with Gasteiger partial charge in [0, 0.05) is 24.0 Å². The molecule has 1 aliphatic rings. The van der Waals surface area contributed by atoms with Crippen LogP contribution in [0.2, 0.25) is 0 Å². The van der Waals surface area contributed by atoms with Crippen molar-refractivity contribution in [3.05, 3.63) is 71.9 Å². The first-order chi connectivity index (χ1) is 12.2. The number of para-hydroxylation sites is 1. The molecule has 2 aromatic carbocycles. The Bertz CT molecular complexity index is 844. The van der Waals surface area contributed by atoms with Crippen molar-refractivity contribution < 1.29 is 9.90 Å². The van der Waals surface area contributed by atoms with Crippen molar-refractivity contribution in [2.75, 3.05) is 11.9 Å². The Kier molecular flexibility index (Phi) is 4.89. The molecular formula is C19H18N4O2. The Balaban J connectivity index is 1.80. The predicted octanol–water partition coefficient (Wildman–Crippen LogP) is 3.61. The summed E-state index contributed by atoms with van der Waals surface area (Å²) in [7, 11) is 0. The lowest BCUT2D eigenvalue weighted by atomic mass is 10.0. The van der Waals surface area contributed by atoms with Crippen LogP contribution in [0.25, 0.3) is 0 Å². The number of benzene rings is 2. The standard InChI is InChI=1S/C19H18N4O2/c20-13-21-18(14-5-4-8-17(24)11-14)15-9-10-23(12-15)19(25)22-16-6-2-1-3-7-16/h1-8,11-13,20,24H,9-10H2,(H,22,25). The van der Waals surface area contributed by atoms with Crippen LogP contribution in [0.5, 0.6) is 5.75 Å². The summed E-state index contributed by atoms with van der Waals surface area (Å²) in [6.45, 7) is 0.532. The van der Waals surface area contributed by atoms with Crippen LogP contribution < -0.4 is 5.32 Å². The SMILES string of the molecule is N=CN=C(C1=CN(C(=O)Nc2ccccc2)CC1)c1cccc(O)c1. The molecule has 1 aliphatic heterocycles. The summed E-state index contributed by atoms with van der Waals surface area (Å²) in [5.41, 5.74) is 2.87. The van der Waals surface area contributed by atoms with E-state index in [1.165, 1.54) is 0 Å². The molecule has 2 aromatic rings. The molecule has 2 amide bonds. The number of phenols is 1. The fourth-order valence-electron chi connectivity index (χ4n) is 2.68. The number of carbonyl (C=O) groups is 1. The zero-order chi connectivity index (χ0) is 17.6. The van der Waals surface area contributed by atoms with E-state index in [0.29, 0.717) is 24.2 Å². The quantitative estimate of drug-likeness (QED) is 0.589. The number of hydrogen-bond acceptors (Lipinski definition) is 3. The molecule has 0 fully saturated rings. The smallest absolute Gasteiger partial charge is 0.325 e. The van der Waals surface area contributed by atoms with Gasteiger partial charge in [0.2, 0.25) is 0 Å². The van der Waals surface area contributed by atoms with E-state index in [-0.39, 0.29) is 11.8 Å². The number of nitrogens with one attached hydrogen (secondary N) is 2. The molecule has 0 aliphatic carbocycles. The lowest BCUT2D eigenvalue weighted by Gasteiger charge is -2.14. The van der Waals surface area contributed by atoms with Crippen LogP contribution in [0.3, 0.4) is 0 Å². The molecule has 0 atom stereocenters. The van der Waals surface area contributed by atoms with Gasteiger partial charge < -0.3 is 15.3 Å². The molecule has 0 spiro atoms. The van der Waals surface area contributed by atoms with Crippen molar-refractivity contribution in [1.29, 1.82) is 5.41 Å². The number of hydrogen-bond donors (Lipinski definition) is 3. The van der Waals surface area contributed by atoms with Gasteiger partial charge in [-0.25, -0.2) is 9.79 Å². The van der Waals surface area contributed by atoms with Crippen LogP contribution in [-0.2, 0) is 0 Å². The number of aliphatic imine (C=N–C) groups is 1. The third kappa shape index (κ3) is 3.92. The van der Waals surface area contributed by atoms with Gasteiger partial charge in [-0.05, 0) is 36.3 Å². The predicted molar refractivity (Wildman–Crippen MR) is 98.3 cm³/mol. The zero-order valence-electron chi connectivity index (χ0n) is 13.5. The summed E-state index contributed by atoms with van der Waals surface area (Å²) in [6.07, 6.45) is 3.34. The van der Waals surface area contributed by atoms with Gasteiger partial charge in [-0.1, -0.05) is 30.3 Å². The lowest BCUT2D eigenvalue weighted by molar-refractivity contribution is 0.231. The molecule has 6 heteroatoms. The number of amides is 2. The normalized spacial score (nSPS) is 14.2. The van der Waals surface area contributed by atoms with E-state index in [1.54, 1.807) is 29.3 Å². The number of rotatable bonds is 4. The number of anilines is 1. The van der Waals surface area contributed by atoms with Gasteiger partial charge >= 0.3 is 6.03 Å². The number of carbonyl (C=O) groups excluding carboxylic acids is 1. The first-order valence-corrected chi connectivity index (χ1v) is 7.87. The molecule has 0 saturated carbocycles. The average molecular weight is 334 g/mol. The van der Waals surface area contributed by atoms with E-state index in [2.05, 4.69) is 10.3 Å². The van der Waals surface area contributed by atoms with Gasteiger partial charge in [0.05, 0.1) is 5.71 Å². The van der Waals surface area contributed by atoms with Crippen LogP contribution in [0, 0.1) is 5.41 Å². The van der Waals surface area contributed by atoms with E-state index < -0.39 is 0 Å². The van der Waals surface area contributed by atoms with E-state index in [4.69, 9.17) is 5.41 Å². The van der Waals surface area contributed by atoms with Gasteiger partial charge in [-0.15, -0.1) is 0 Å².